The highest BCUT2D eigenvalue weighted by atomic mass is 28.4. The van der Waals surface area contributed by atoms with E-state index >= 15 is 0 Å². The van der Waals surface area contributed by atoms with Crippen molar-refractivity contribution in [3.63, 3.8) is 0 Å². The average molecular weight is 397 g/mol. The molecule has 1 aromatic rings. The SMILES string of the molecule is C[Si](C)(C)N[Si](C)(C)C.C[Si](C)(C)O[C@H]1C(=O)N[C@H]1c1ccccc1. The van der Waals surface area contributed by atoms with E-state index in [2.05, 4.69) is 68.9 Å². The van der Waals surface area contributed by atoms with E-state index in [1.807, 2.05) is 30.3 Å². The molecule has 4 nitrogen and oxygen atoms in total. The second-order valence-corrected chi connectivity index (χ2v) is 24.1. The van der Waals surface area contributed by atoms with Crippen LogP contribution in [0.25, 0.3) is 0 Å². The summed E-state index contributed by atoms with van der Waals surface area (Å²) in [7, 11) is -3.63. The lowest BCUT2D eigenvalue weighted by Gasteiger charge is -2.40. The van der Waals surface area contributed by atoms with Crippen LogP contribution in [0.4, 0.5) is 0 Å². The smallest absolute Gasteiger partial charge is 0.251 e. The quantitative estimate of drug-likeness (QED) is 0.575. The van der Waals surface area contributed by atoms with Gasteiger partial charge in [-0.25, -0.2) is 0 Å². The molecular formula is C18H36N2O2Si3. The molecule has 2 atom stereocenters. The molecule has 0 spiro atoms. The normalized spacial score (nSPS) is 20.9. The molecule has 1 saturated heterocycles. The maximum atomic E-state index is 11.5. The highest BCUT2D eigenvalue weighted by molar-refractivity contribution is 6.90. The van der Waals surface area contributed by atoms with Gasteiger partial charge in [0.1, 0.15) is 22.6 Å². The number of hydrogen-bond donors (Lipinski definition) is 2. The van der Waals surface area contributed by atoms with Crippen LogP contribution in [0, 0.1) is 0 Å². The minimum atomic E-state index is -1.67. The molecule has 142 valence electrons. The summed E-state index contributed by atoms with van der Waals surface area (Å²) in [6.07, 6.45) is -0.297. The van der Waals surface area contributed by atoms with Crippen molar-refractivity contribution in [2.24, 2.45) is 0 Å². The molecule has 2 rings (SSSR count). The third-order valence-electron chi connectivity index (χ3n) is 3.25. The van der Waals surface area contributed by atoms with E-state index in [0.717, 1.165) is 5.56 Å². The van der Waals surface area contributed by atoms with Gasteiger partial charge >= 0.3 is 0 Å². The standard InChI is InChI=1S/C12H17NO2Si.C6H19NSi2/c1-16(2,3)15-11-10(13-12(11)14)9-7-5-4-6-8-9;1-8(2,3)7-9(4,5)6/h4-8,10-11H,1-3H3,(H,13,14);7H,1-6H3/t10-,11+;/m0./s1. The highest BCUT2D eigenvalue weighted by Gasteiger charge is 2.43. The summed E-state index contributed by atoms with van der Waals surface area (Å²) in [5, 5.41) is 2.89. The van der Waals surface area contributed by atoms with Gasteiger partial charge in [-0.3, -0.25) is 4.79 Å². The zero-order valence-corrected chi connectivity index (χ0v) is 20.4. The number of hydrogen-bond acceptors (Lipinski definition) is 3. The van der Waals surface area contributed by atoms with Gasteiger partial charge in [0.15, 0.2) is 8.32 Å². The fraction of sp³-hybridized carbons (Fsp3) is 0.611. The largest absolute Gasteiger partial charge is 0.404 e. The van der Waals surface area contributed by atoms with Gasteiger partial charge in [-0.1, -0.05) is 69.6 Å². The molecule has 25 heavy (non-hydrogen) atoms. The van der Waals surface area contributed by atoms with Gasteiger partial charge in [0.2, 0.25) is 0 Å². The molecule has 1 heterocycles. The summed E-state index contributed by atoms with van der Waals surface area (Å²) in [6.45, 7) is 20.4. The van der Waals surface area contributed by atoms with Gasteiger partial charge < -0.3 is 14.4 Å². The van der Waals surface area contributed by atoms with Crippen LogP contribution in [0.1, 0.15) is 11.6 Å². The topological polar surface area (TPSA) is 50.4 Å². The van der Waals surface area contributed by atoms with Crippen molar-refractivity contribution in [1.29, 1.82) is 0 Å². The van der Waals surface area contributed by atoms with Gasteiger partial charge in [-0.15, -0.1) is 0 Å². The minimum absolute atomic E-state index is 0.0104. The summed E-state index contributed by atoms with van der Waals surface area (Å²) in [5.74, 6) is 0.0104. The fourth-order valence-electron chi connectivity index (χ4n) is 2.91. The van der Waals surface area contributed by atoms with Crippen LogP contribution in [0.5, 0.6) is 0 Å². The predicted molar refractivity (Wildman–Crippen MR) is 115 cm³/mol. The number of carbonyl (C=O) groups excluding carboxylic acids is 1. The van der Waals surface area contributed by atoms with Crippen LogP contribution >= 0.6 is 0 Å². The van der Waals surface area contributed by atoms with Crippen LogP contribution < -0.4 is 9.96 Å². The van der Waals surface area contributed by atoms with Crippen LogP contribution in [-0.4, -0.2) is 36.8 Å². The summed E-state index contributed by atoms with van der Waals surface area (Å²) >= 11 is 0. The number of carbonyl (C=O) groups is 1. The Kier molecular flexibility index (Phi) is 7.41. The number of rotatable bonds is 5. The molecule has 0 radical (unpaired) electrons. The van der Waals surface area contributed by atoms with E-state index in [4.69, 9.17) is 4.43 Å². The molecular weight excluding hydrogens is 360 g/mol. The molecule has 1 amide bonds. The lowest BCUT2D eigenvalue weighted by Crippen LogP contribution is -2.59. The Balaban J connectivity index is 0.000000299. The van der Waals surface area contributed by atoms with E-state index in [-0.39, 0.29) is 18.1 Å². The number of benzene rings is 1. The van der Waals surface area contributed by atoms with Crippen molar-refractivity contribution >= 4 is 30.7 Å². The van der Waals surface area contributed by atoms with E-state index < -0.39 is 24.8 Å². The first-order valence-electron chi connectivity index (χ1n) is 9.00. The first-order valence-corrected chi connectivity index (χ1v) is 19.4. The van der Waals surface area contributed by atoms with E-state index in [9.17, 15) is 4.79 Å². The summed E-state index contributed by atoms with van der Waals surface area (Å²) in [6, 6.07) is 9.99. The van der Waals surface area contributed by atoms with Gasteiger partial charge in [-0.2, -0.15) is 0 Å². The van der Waals surface area contributed by atoms with Crippen LogP contribution in [-0.2, 0) is 9.22 Å². The lowest BCUT2D eigenvalue weighted by molar-refractivity contribution is -0.141. The van der Waals surface area contributed by atoms with Gasteiger partial charge in [0.05, 0.1) is 6.04 Å². The molecule has 1 aromatic carbocycles. The van der Waals surface area contributed by atoms with Crippen molar-refractivity contribution in [3.05, 3.63) is 35.9 Å². The van der Waals surface area contributed by atoms with Crippen molar-refractivity contribution in [2.75, 3.05) is 0 Å². The highest BCUT2D eigenvalue weighted by Crippen LogP contribution is 2.29. The third kappa shape index (κ3) is 8.96. The maximum absolute atomic E-state index is 11.5. The predicted octanol–water partition coefficient (Wildman–Crippen LogP) is 4.32. The molecule has 0 saturated carbocycles. The first-order chi connectivity index (χ1) is 11.2. The summed E-state index contributed by atoms with van der Waals surface area (Å²) < 4.78 is 9.62. The number of amides is 1. The van der Waals surface area contributed by atoms with Crippen molar-refractivity contribution < 1.29 is 9.22 Å². The fourth-order valence-corrected chi connectivity index (χ4v) is 12.9. The van der Waals surface area contributed by atoms with Gasteiger partial charge in [-0.05, 0) is 25.2 Å². The zero-order chi connectivity index (χ0) is 19.5. The molecule has 2 N–H and O–H groups in total. The molecule has 1 fully saturated rings. The Morgan fingerprint density at radius 2 is 1.36 bits per heavy atom. The van der Waals surface area contributed by atoms with E-state index in [1.165, 1.54) is 0 Å². The monoisotopic (exact) mass is 396 g/mol. The molecule has 0 bridgehead atoms. The summed E-state index contributed by atoms with van der Waals surface area (Å²) in [4.78, 5) is 11.5. The summed E-state index contributed by atoms with van der Waals surface area (Å²) in [5.41, 5.74) is 1.12. The Morgan fingerprint density at radius 1 is 0.880 bits per heavy atom. The Bertz CT molecular complexity index is 548. The van der Waals surface area contributed by atoms with Gasteiger partial charge in [0, 0.05) is 0 Å². The van der Waals surface area contributed by atoms with Crippen LogP contribution in [0.15, 0.2) is 30.3 Å². The van der Waals surface area contributed by atoms with Crippen molar-refractivity contribution in [2.45, 2.75) is 71.1 Å². The number of β-lactam (4-membered cyclic amide) rings is 1. The first kappa shape index (κ1) is 22.3. The minimum Gasteiger partial charge on any atom is -0.404 e. The Morgan fingerprint density at radius 3 is 1.68 bits per heavy atom. The number of nitrogens with one attached hydrogen (secondary N) is 2. The van der Waals surface area contributed by atoms with E-state index in [1.54, 1.807) is 0 Å². The van der Waals surface area contributed by atoms with Crippen LogP contribution in [0.2, 0.25) is 58.9 Å². The molecule has 7 heteroatoms. The molecule has 0 aliphatic carbocycles. The zero-order valence-electron chi connectivity index (χ0n) is 17.4. The van der Waals surface area contributed by atoms with Crippen molar-refractivity contribution in [3.8, 4) is 0 Å². The second-order valence-electron chi connectivity index (χ2n) is 9.67. The van der Waals surface area contributed by atoms with E-state index in [0.29, 0.717) is 0 Å². The lowest BCUT2D eigenvalue weighted by atomic mass is 9.94. The Hall–Kier alpha value is -0.739. The molecule has 0 unspecified atom stereocenters. The van der Waals surface area contributed by atoms with Gasteiger partial charge in [0.25, 0.3) is 5.91 Å². The second kappa shape index (κ2) is 8.30. The maximum Gasteiger partial charge on any atom is 0.251 e. The average Bonchev–Trinajstić information content (AvgIpc) is 2.39. The van der Waals surface area contributed by atoms with Crippen LogP contribution in [0.3, 0.4) is 0 Å². The Labute approximate surface area is 157 Å². The molecule has 0 aromatic heterocycles. The molecule has 1 aliphatic rings. The van der Waals surface area contributed by atoms with Crippen molar-refractivity contribution in [1.82, 2.24) is 9.96 Å². The molecule has 1 aliphatic heterocycles. The third-order valence-corrected chi connectivity index (χ3v) is 10.2.